The summed E-state index contributed by atoms with van der Waals surface area (Å²) < 4.78 is 36.5. The minimum absolute atomic E-state index is 0.116. The lowest BCUT2D eigenvalue weighted by atomic mass is 9.61. The molecule has 3 atom stereocenters. The molecule has 6 heteroatoms. The van der Waals surface area contributed by atoms with Crippen LogP contribution in [0.1, 0.15) is 33.6 Å². The van der Waals surface area contributed by atoms with Crippen molar-refractivity contribution in [2.75, 3.05) is 6.54 Å². The third kappa shape index (κ3) is 3.37. The van der Waals surface area contributed by atoms with E-state index in [2.05, 4.69) is 5.32 Å². The van der Waals surface area contributed by atoms with Crippen molar-refractivity contribution in [1.82, 2.24) is 5.32 Å². The van der Waals surface area contributed by atoms with E-state index in [0.29, 0.717) is 12.8 Å². The molecule has 2 N–H and O–H groups in total. The van der Waals surface area contributed by atoms with Gasteiger partial charge < -0.3 is 10.4 Å². The molecule has 0 radical (unpaired) electrons. The SMILES string of the molecule is CC1C(NCC(F)(F)F)CCC(C(=O)O)C1(C)C. The van der Waals surface area contributed by atoms with Crippen LogP contribution in [0.3, 0.4) is 0 Å². The highest BCUT2D eigenvalue weighted by Gasteiger charge is 2.46. The number of nitrogens with one attached hydrogen (secondary N) is 1. The molecule has 0 amide bonds. The van der Waals surface area contributed by atoms with Crippen LogP contribution in [0.4, 0.5) is 13.2 Å². The molecule has 18 heavy (non-hydrogen) atoms. The average Bonchev–Trinajstić information content (AvgIpc) is 2.18. The Bertz CT molecular complexity index is 315. The molecule has 0 aromatic heterocycles. The first kappa shape index (κ1) is 15.3. The molecule has 0 heterocycles. The predicted molar refractivity (Wildman–Crippen MR) is 61.2 cm³/mol. The molecule has 0 saturated heterocycles. The van der Waals surface area contributed by atoms with Crippen molar-refractivity contribution < 1.29 is 23.1 Å². The fraction of sp³-hybridized carbons (Fsp3) is 0.917. The number of hydrogen-bond donors (Lipinski definition) is 2. The van der Waals surface area contributed by atoms with Crippen molar-refractivity contribution in [1.29, 1.82) is 0 Å². The Morgan fingerprint density at radius 2 is 1.94 bits per heavy atom. The molecule has 0 spiro atoms. The molecule has 106 valence electrons. The van der Waals surface area contributed by atoms with Gasteiger partial charge in [-0.2, -0.15) is 13.2 Å². The summed E-state index contributed by atoms with van der Waals surface area (Å²) in [5.74, 6) is -1.47. The summed E-state index contributed by atoms with van der Waals surface area (Å²) in [6, 6.07) is -0.280. The van der Waals surface area contributed by atoms with Crippen LogP contribution in [-0.2, 0) is 4.79 Å². The first-order chi connectivity index (χ1) is 8.05. The molecule has 0 aromatic carbocycles. The van der Waals surface area contributed by atoms with Crippen molar-refractivity contribution in [3.8, 4) is 0 Å². The highest BCUT2D eigenvalue weighted by molar-refractivity contribution is 5.71. The van der Waals surface area contributed by atoms with Gasteiger partial charge in [0.2, 0.25) is 0 Å². The summed E-state index contributed by atoms with van der Waals surface area (Å²) in [6.07, 6.45) is -3.34. The Morgan fingerprint density at radius 3 is 2.39 bits per heavy atom. The van der Waals surface area contributed by atoms with Crippen LogP contribution in [0.25, 0.3) is 0 Å². The summed E-state index contributed by atoms with van der Waals surface area (Å²) in [5, 5.41) is 11.6. The van der Waals surface area contributed by atoms with E-state index in [1.807, 2.05) is 20.8 Å². The monoisotopic (exact) mass is 267 g/mol. The van der Waals surface area contributed by atoms with Crippen molar-refractivity contribution in [3.63, 3.8) is 0 Å². The molecule has 1 rings (SSSR count). The summed E-state index contributed by atoms with van der Waals surface area (Å²) in [4.78, 5) is 11.1. The van der Waals surface area contributed by atoms with Gasteiger partial charge in [-0.15, -0.1) is 0 Å². The van der Waals surface area contributed by atoms with Crippen molar-refractivity contribution in [2.24, 2.45) is 17.3 Å². The van der Waals surface area contributed by atoms with Crippen molar-refractivity contribution >= 4 is 5.97 Å². The molecule has 1 aliphatic carbocycles. The van der Waals surface area contributed by atoms with E-state index >= 15 is 0 Å². The maximum atomic E-state index is 12.2. The largest absolute Gasteiger partial charge is 0.481 e. The smallest absolute Gasteiger partial charge is 0.401 e. The van der Waals surface area contributed by atoms with Crippen LogP contribution in [0.5, 0.6) is 0 Å². The number of carboxylic acid groups (broad SMARTS) is 1. The lowest BCUT2D eigenvalue weighted by Crippen LogP contribution is -2.52. The standard InChI is InChI=1S/C12H20F3NO2/c1-7-9(16-6-12(13,14)15)5-4-8(10(17)18)11(7,2)3/h7-9,16H,4-6H2,1-3H3,(H,17,18). The van der Waals surface area contributed by atoms with Gasteiger partial charge in [-0.25, -0.2) is 0 Å². The van der Waals surface area contributed by atoms with E-state index in [1.165, 1.54) is 0 Å². The number of carboxylic acids is 1. The molecule has 3 unspecified atom stereocenters. The molecule has 0 aliphatic heterocycles. The van der Waals surface area contributed by atoms with E-state index in [1.54, 1.807) is 0 Å². The number of halogens is 3. The number of alkyl halides is 3. The molecule has 0 aromatic rings. The van der Waals surface area contributed by atoms with E-state index in [-0.39, 0.29) is 12.0 Å². The summed E-state index contributed by atoms with van der Waals surface area (Å²) in [7, 11) is 0. The number of rotatable bonds is 3. The Balaban J connectivity index is 2.69. The summed E-state index contributed by atoms with van der Waals surface area (Å²) >= 11 is 0. The van der Waals surface area contributed by atoms with Gasteiger partial charge in [-0.3, -0.25) is 4.79 Å². The van der Waals surface area contributed by atoms with Crippen LogP contribution >= 0.6 is 0 Å². The van der Waals surface area contributed by atoms with Gasteiger partial charge in [0.1, 0.15) is 0 Å². The summed E-state index contributed by atoms with van der Waals surface area (Å²) in [5.41, 5.74) is -0.507. The first-order valence-corrected chi connectivity index (χ1v) is 6.08. The van der Waals surface area contributed by atoms with Gasteiger partial charge in [0.05, 0.1) is 12.5 Å². The Kier molecular flexibility index (Phi) is 4.30. The first-order valence-electron chi connectivity index (χ1n) is 6.08. The van der Waals surface area contributed by atoms with Crippen LogP contribution < -0.4 is 5.32 Å². The highest BCUT2D eigenvalue weighted by atomic mass is 19.4. The molecule has 1 aliphatic rings. The number of hydrogen-bond acceptors (Lipinski definition) is 2. The number of aliphatic carboxylic acids is 1. The summed E-state index contributed by atoms with van der Waals surface area (Å²) in [6.45, 7) is 4.44. The average molecular weight is 267 g/mol. The van der Waals surface area contributed by atoms with Crippen molar-refractivity contribution in [2.45, 2.75) is 45.8 Å². The molecule has 1 fully saturated rings. The second kappa shape index (κ2) is 5.07. The quantitative estimate of drug-likeness (QED) is 0.826. The van der Waals surface area contributed by atoms with E-state index in [0.717, 1.165) is 0 Å². The maximum Gasteiger partial charge on any atom is 0.401 e. The van der Waals surface area contributed by atoms with Gasteiger partial charge in [0.25, 0.3) is 0 Å². The zero-order chi connectivity index (χ0) is 14.1. The van der Waals surface area contributed by atoms with E-state index < -0.39 is 30.0 Å². The predicted octanol–water partition coefficient (Wildman–Crippen LogP) is 2.66. The minimum Gasteiger partial charge on any atom is -0.481 e. The third-order valence-electron chi connectivity index (χ3n) is 4.30. The van der Waals surface area contributed by atoms with Gasteiger partial charge in [-0.05, 0) is 24.2 Å². The van der Waals surface area contributed by atoms with Crippen LogP contribution in [0.2, 0.25) is 0 Å². The Morgan fingerprint density at radius 1 is 1.39 bits per heavy atom. The second-order valence-electron chi connectivity index (χ2n) is 5.68. The zero-order valence-corrected chi connectivity index (χ0v) is 10.8. The second-order valence-corrected chi connectivity index (χ2v) is 5.68. The maximum absolute atomic E-state index is 12.2. The Labute approximate surface area is 105 Å². The van der Waals surface area contributed by atoms with E-state index in [4.69, 9.17) is 5.11 Å². The lowest BCUT2D eigenvalue weighted by molar-refractivity contribution is -0.152. The van der Waals surface area contributed by atoms with Gasteiger partial charge in [0, 0.05) is 6.04 Å². The fourth-order valence-electron chi connectivity index (χ4n) is 2.77. The zero-order valence-electron chi connectivity index (χ0n) is 10.8. The molecule has 0 bridgehead atoms. The highest BCUT2D eigenvalue weighted by Crippen LogP contribution is 2.45. The van der Waals surface area contributed by atoms with Crippen molar-refractivity contribution in [3.05, 3.63) is 0 Å². The third-order valence-corrected chi connectivity index (χ3v) is 4.30. The minimum atomic E-state index is -4.23. The van der Waals surface area contributed by atoms with Gasteiger partial charge in [-0.1, -0.05) is 20.8 Å². The molecule has 3 nitrogen and oxygen atoms in total. The molecule has 1 saturated carbocycles. The topological polar surface area (TPSA) is 49.3 Å². The van der Waals surface area contributed by atoms with Gasteiger partial charge in [0.15, 0.2) is 0 Å². The Hall–Kier alpha value is -0.780. The van der Waals surface area contributed by atoms with E-state index in [9.17, 15) is 18.0 Å². The van der Waals surface area contributed by atoms with Crippen LogP contribution in [-0.4, -0.2) is 29.8 Å². The fourth-order valence-corrected chi connectivity index (χ4v) is 2.77. The molecular formula is C12H20F3NO2. The van der Waals surface area contributed by atoms with Crippen LogP contribution in [0, 0.1) is 17.3 Å². The normalized spacial score (nSPS) is 32.2. The number of carbonyl (C=O) groups is 1. The molecular weight excluding hydrogens is 247 g/mol. The lowest BCUT2D eigenvalue weighted by Gasteiger charge is -2.46. The van der Waals surface area contributed by atoms with Gasteiger partial charge >= 0.3 is 12.1 Å². The van der Waals surface area contributed by atoms with Crippen LogP contribution in [0.15, 0.2) is 0 Å².